The molecule has 1 atom stereocenters. The minimum absolute atomic E-state index is 0.0103. The van der Waals surface area contributed by atoms with E-state index in [0.717, 1.165) is 51.6 Å². The maximum atomic E-state index is 11.4. The number of likely N-dealkylation sites (tertiary alicyclic amines) is 1. The highest BCUT2D eigenvalue weighted by molar-refractivity contribution is 5.69. The fourth-order valence-electron chi connectivity index (χ4n) is 3.98. The third-order valence-corrected chi connectivity index (χ3v) is 4.93. The van der Waals surface area contributed by atoms with Gasteiger partial charge in [0.25, 0.3) is 0 Å². The molecule has 2 rings (SSSR count). The van der Waals surface area contributed by atoms with E-state index < -0.39 is 11.6 Å². The quantitative estimate of drug-likeness (QED) is 0.731. The molecule has 1 saturated carbocycles. The molecule has 1 saturated heterocycles. The summed E-state index contributed by atoms with van der Waals surface area (Å²) in [5.74, 6) is -0.564. The van der Waals surface area contributed by atoms with Gasteiger partial charge in [0.2, 0.25) is 6.41 Å². The van der Waals surface area contributed by atoms with Gasteiger partial charge in [-0.2, -0.15) is 0 Å². The molecule has 1 heterocycles. The number of piperidine rings is 1. The van der Waals surface area contributed by atoms with Gasteiger partial charge < -0.3 is 10.4 Å². The van der Waals surface area contributed by atoms with Crippen molar-refractivity contribution >= 4 is 12.4 Å². The van der Waals surface area contributed by atoms with E-state index in [1.54, 1.807) is 0 Å². The van der Waals surface area contributed by atoms with E-state index in [2.05, 4.69) is 10.2 Å². The lowest BCUT2D eigenvalue weighted by Crippen LogP contribution is -2.65. The number of rotatable bonds is 6. The van der Waals surface area contributed by atoms with Crippen molar-refractivity contribution in [3.05, 3.63) is 0 Å². The fraction of sp³-hybridized carbons (Fsp3) is 0.867. The van der Waals surface area contributed by atoms with Crippen molar-refractivity contribution in [1.82, 2.24) is 10.2 Å². The molecule has 5 nitrogen and oxygen atoms in total. The van der Waals surface area contributed by atoms with Crippen LogP contribution in [0.15, 0.2) is 0 Å². The summed E-state index contributed by atoms with van der Waals surface area (Å²) in [6.07, 6.45) is 9.63. The van der Waals surface area contributed by atoms with Crippen LogP contribution in [0.25, 0.3) is 0 Å². The number of carbonyl (C=O) groups excluding carboxylic acids is 1. The van der Waals surface area contributed by atoms with Gasteiger partial charge in [-0.1, -0.05) is 25.7 Å². The molecule has 1 unspecified atom stereocenters. The minimum Gasteiger partial charge on any atom is -0.481 e. The van der Waals surface area contributed by atoms with Gasteiger partial charge in [-0.3, -0.25) is 14.5 Å². The SMILES string of the molecule is O=CNC(CC(=O)O)(C1CCCCC1)N1CCCCC1. The molecule has 20 heavy (non-hydrogen) atoms. The first kappa shape index (κ1) is 15.3. The number of carboxylic acids is 1. The van der Waals surface area contributed by atoms with E-state index in [4.69, 9.17) is 0 Å². The first-order chi connectivity index (χ1) is 9.69. The zero-order chi connectivity index (χ0) is 14.4. The van der Waals surface area contributed by atoms with Crippen LogP contribution in [0.3, 0.4) is 0 Å². The van der Waals surface area contributed by atoms with E-state index in [-0.39, 0.29) is 12.3 Å². The summed E-state index contributed by atoms with van der Waals surface area (Å²) in [4.78, 5) is 24.8. The van der Waals surface area contributed by atoms with Crippen LogP contribution < -0.4 is 5.32 Å². The highest BCUT2D eigenvalue weighted by atomic mass is 16.4. The Bertz CT molecular complexity index is 316. The smallest absolute Gasteiger partial charge is 0.307 e. The van der Waals surface area contributed by atoms with Crippen molar-refractivity contribution in [2.24, 2.45) is 5.92 Å². The largest absolute Gasteiger partial charge is 0.481 e. The number of carboxylic acid groups (broad SMARTS) is 1. The molecule has 0 aromatic heterocycles. The van der Waals surface area contributed by atoms with Crippen LogP contribution in [0.4, 0.5) is 0 Å². The molecular formula is C15H26N2O3. The first-order valence-electron chi connectivity index (χ1n) is 7.87. The van der Waals surface area contributed by atoms with Gasteiger partial charge in [-0.25, -0.2) is 0 Å². The van der Waals surface area contributed by atoms with Gasteiger partial charge in [-0.15, -0.1) is 0 Å². The van der Waals surface area contributed by atoms with Crippen LogP contribution in [-0.2, 0) is 9.59 Å². The molecule has 2 fully saturated rings. The third-order valence-electron chi connectivity index (χ3n) is 4.93. The topological polar surface area (TPSA) is 69.6 Å². The lowest BCUT2D eigenvalue weighted by atomic mass is 9.76. The number of carbonyl (C=O) groups is 2. The first-order valence-corrected chi connectivity index (χ1v) is 7.87. The van der Waals surface area contributed by atoms with E-state index in [1.807, 2.05) is 0 Å². The standard InChI is InChI=1S/C15H26N2O3/c18-12-16-15(11-14(19)20,13-7-3-1-4-8-13)17-9-5-2-6-10-17/h12-13H,1-11H2,(H,16,18)(H,19,20). The van der Waals surface area contributed by atoms with Crippen LogP contribution in [-0.4, -0.2) is 41.1 Å². The monoisotopic (exact) mass is 282 g/mol. The average Bonchev–Trinajstić information content (AvgIpc) is 2.48. The number of nitrogens with one attached hydrogen (secondary N) is 1. The molecule has 0 bridgehead atoms. The second kappa shape index (κ2) is 7.07. The molecule has 114 valence electrons. The molecule has 2 N–H and O–H groups in total. The third kappa shape index (κ3) is 3.32. The summed E-state index contributed by atoms with van der Waals surface area (Å²) in [7, 11) is 0. The predicted octanol–water partition coefficient (Wildman–Crippen LogP) is 1.97. The number of nitrogens with zero attached hydrogens (tertiary/aromatic N) is 1. The summed E-state index contributed by atoms with van der Waals surface area (Å²) in [6, 6.07) is 0. The molecule has 1 aliphatic heterocycles. The number of amides is 1. The Morgan fingerprint density at radius 1 is 1.15 bits per heavy atom. The number of hydrogen-bond acceptors (Lipinski definition) is 3. The summed E-state index contributed by atoms with van der Waals surface area (Å²) in [6.45, 7) is 1.79. The van der Waals surface area contributed by atoms with Gasteiger partial charge in [0.15, 0.2) is 0 Å². The minimum atomic E-state index is -0.824. The molecule has 1 amide bonds. The summed E-state index contributed by atoms with van der Waals surface area (Å²) < 4.78 is 0. The van der Waals surface area contributed by atoms with Gasteiger partial charge in [0.05, 0.1) is 6.42 Å². The van der Waals surface area contributed by atoms with Crippen molar-refractivity contribution in [3.8, 4) is 0 Å². The maximum absolute atomic E-state index is 11.4. The summed E-state index contributed by atoms with van der Waals surface area (Å²) >= 11 is 0. The summed E-state index contributed by atoms with van der Waals surface area (Å²) in [5, 5.41) is 12.3. The van der Waals surface area contributed by atoms with Crippen LogP contribution in [0, 0.1) is 5.92 Å². The van der Waals surface area contributed by atoms with E-state index in [0.29, 0.717) is 6.41 Å². The highest BCUT2D eigenvalue weighted by Crippen LogP contribution is 2.38. The van der Waals surface area contributed by atoms with Gasteiger partial charge in [0.1, 0.15) is 5.66 Å². The molecular weight excluding hydrogens is 256 g/mol. The van der Waals surface area contributed by atoms with E-state index in [9.17, 15) is 14.7 Å². The second-order valence-corrected chi connectivity index (χ2v) is 6.14. The number of aliphatic carboxylic acids is 1. The molecule has 2 aliphatic rings. The zero-order valence-corrected chi connectivity index (χ0v) is 12.1. The average molecular weight is 282 g/mol. The lowest BCUT2D eigenvalue weighted by Gasteiger charge is -2.50. The van der Waals surface area contributed by atoms with Crippen molar-refractivity contribution in [3.63, 3.8) is 0 Å². The summed E-state index contributed by atoms with van der Waals surface area (Å²) in [5.41, 5.74) is -0.672. The van der Waals surface area contributed by atoms with Crippen molar-refractivity contribution in [2.45, 2.75) is 63.5 Å². The highest BCUT2D eigenvalue weighted by Gasteiger charge is 2.45. The second-order valence-electron chi connectivity index (χ2n) is 6.14. The zero-order valence-electron chi connectivity index (χ0n) is 12.1. The van der Waals surface area contributed by atoms with Crippen LogP contribution in [0.1, 0.15) is 57.8 Å². The maximum Gasteiger partial charge on any atom is 0.307 e. The van der Waals surface area contributed by atoms with Crippen molar-refractivity contribution in [1.29, 1.82) is 0 Å². The molecule has 5 heteroatoms. The van der Waals surface area contributed by atoms with Crippen LogP contribution >= 0.6 is 0 Å². The molecule has 0 aromatic rings. The molecule has 0 spiro atoms. The fourth-order valence-corrected chi connectivity index (χ4v) is 3.98. The molecule has 1 aliphatic carbocycles. The van der Waals surface area contributed by atoms with Crippen molar-refractivity contribution < 1.29 is 14.7 Å². The molecule has 0 aromatic carbocycles. The van der Waals surface area contributed by atoms with E-state index in [1.165, 1.54) is 12.8 Å². The Kier molecular flexibility index (Phi) is 5.40. The van der Waals surface area contributed by atoms with Crippen LogP contribution in [0.2, 0.25) is 0 Å². The van der Waals surface area contributed by atoms with Gasteiger partial charge >= 0.3 is 5.97 Å². The van der Waals surface area contributed by atoms with Crippen LogP contribution in [0.5, 0.6) is 0 Å². The Labute approximate surface area is 120 Å². The lowest BCUT2D eigenvalue weighted by molar-refractivity contribution is -0.145. The van der Waals surface area contributed by atoms with Gasteiger partial charge in [0, 0.05) is 13.1 Å². The Morgan fingerprint density at radius 2 is 1.75 bits per heavy atom. The van der Waals surface area contributed by atoms with E-state index >= 15 is 0 Å². The number of hydrogen-bond donors (Lipinski definition) is 2. The predicted molar refractivity (Wildman–Crippen MR) is 76.2 cm³/mol. The Morgan fingerprint density at radius 3 is 2.30 bits per heavy atom. The van der Waals surface area contributed by atoms with Crippen molar-refractivity contribution in [2.75, 3.05) is 13.1 Å². The molecule has 0 radical (unpaired) electrons. The Balaban J connectivity index is 2.25. The Hall–Kier alpha value is -1.10. The van der Waals surface area contributed by atoms with Gasteiger partial charge in [-0.05, 0) is 31.6 Å². The normalized spacial score (nSPS) is 24.8.